The minimum Gasteiger partial charge on any atom is -0.310 e. The fourth-order valence-corrected chi connectivity index (χ4v) is 3.05. The molecule has 2 nitrogen and oxygen atoms in total. The van der Waals surface area contributed by atoms with E-state index in [2.05, 4.69) is 29.6 Å². The van der Waals surface area contributed by atoms with Gasteiger partial charge in [0.1, 0.15) is 0 Å². The number of fused-ring (bicyclic) bond motifs is 2. The quantitative estimate of drug-likeness (QED) is 0.889. The summed E-state index contributed by atoms with van der Waals surface area (Å²) >= 11 is 0. The third-order valence-electron chi connectivity index (χ3n) is 4.18. The van der Waals surface area contributed by atoms with Crippen LogP contribution in [0, 0.1) is 0 Å². The minimum absolute atomic E-state index is 0.772. The van der Waals surface area contributed by atoms with Crippen molar-refractivity contribution >= 4 is 10.9 Å². The molecule has 0 unspecified atom stereocenters. The number of rotatable bonds is 3. The van der Waals surface area contributed by atoms with Gasteiger partial charge < -0.3 is 5.32 Å². The van der Waals surface area contributed by atoms with Gasteiger partial charge in [-0.2, -0.15) is 0 Å². The topological polar surface area (TPSA) is 24.9 Å². The van der Waals surface area contributed by atoms with Gasteiger partial charge in [0, 0.05) is 23.7 Å². The summed E-state index contributed by atoms with van der Waals surface area (Å²) in [5.41, 5.74) is 5.56. The van der Waals surface area contributed by atoms with Crippen molar-refractivity contribution in [3.8, 4) is 0 Å². The number of nitrogens with zero attached hydrogens (tertiary/aromatic N) is 1. The lowest BCUT2D eigenvalue weighted by atomic mass is 10.0. The molecule has 1 heterocycles. The first-order chi connectivity index (χ1) is 8.92. The van der Waals surface area contributed by atoms with Crippen LogP contribution in [0.25, 0.3) is 10.9 Å². The van der Waals surface area contributed by atoms with Gasteiger partial charge in [0.25, 0.3) is 0 Å². The van der Waals surface area contributed by atoms with Crippen LogP contribution in [-0.4, -0.2) is 11.0 Å². The van der Waals surface area contributed by atoms with Gasteiger partial charge in [0.05, 0.1) is 5.52 Å². The molecule has 2 heteroatoms. The number of aromatic nitrogens is 1. The fraction of sp³-hybridized carbons (Fsp3) is 0.438. The van der Waals surface area contributed by atoms with E-state index >= 15 is 0 Å². The second-order valence-electron chi connectivity index (χ2n) is 5.54. The lowest BCUT2D eigenvalue weighted by Gasteiger charge is -2.13. The van der Waals surface area contributed by atoms with Gasteiger partial charge in [0.15, 0.2) is 0 Å². The molecule has 2 aliphatic carbocycles. The van der Waals surface area contributed by atoms with Gasteiger partial charge in [-0.25, -0.2) is 0 Å². The Balaban J connectivity index is 1.84. The summed E-state index contributed by atoms with van der Waals surface area (Å²) in [6.45, 7) is 1.02. The molecule has 0 amide bonds. The highest BCUT2D eigenvalue weighted by atomic mass is 14.9. The average Bonchev–Trinajstić information content (AvgIpc) is 3.11. The van der Waals surface area contributed by atoms with Crippen LogP contribution in [0.1, 0.15) is 36.1 Å². The zero-order chi connectivity index (χ0) is 11.9. The fourth-order valence-electron chi connectivity index (χ4n) is 3.05. The van der Waals surface area contributed by atoms with Crippen LogP contribution in [0.15, 0.2) is 24.3 Å². The lowest BCUT2D eigenvalue weighted by molar-refractivity contribution is 0.686. The predicted molar refractivity (Wildman–Crippen MR) is 73.6 cm³/mol. The van der Waals surface area contributed by atoms with Crippen molar-refractivity contribution in [1.29, 1.82) is 0 Å². The van der Waals surface area contributed by atoms with Crippen molar-refractivity contribution in [2.75, 3.05) is 0 Å². The summed E-state index contributed by atoms with van der Waals surface area (Å²) in [5, 5.41) is 5.02. The van der Waals surface area contributed by atoms with E-state index < -0.39 is 0 Å². The van der Waals surface area contributed by atoms with E-state index in [0.29, 0.717) is 0 Å². The van der Waals surface area contributed by atoms with Crippen LogP contribution < -0.4 is 5.32 Å². The molecular weight excluding hydrogens is 220 g/mol. The van der Waals surface area contributed by atoms with E-state index in [1.165, 1.54) is 53.4 Å². The van der Waals surface area contributed by atoms with Crippen molar-refractivity contribution in [2.24, 2.45) is 0 Å². The Morgan fingerprint density at radius 3 is 2.94 bits per heavy atom. The number of hydrogen-bond acceptors (Lipinski definition) is 2. The molecule has 4 rings (SSSR count). The van der Waals surface area contributed by atoms with Crippen molar-refractivity contribution in [1.82, 2.24) is 10.3 Å². The summed E-state index contributed by atoms with van der Waals surface area (Å²) in [4.78, 5) is 4.83. The van der Waals surface area contributed by atoms with E-state index in [1.54, 1.807) is 0 Å². The van der Waals surface area contributed by atoms with Crippen molar-refractivity contribution in [3.05, 3.63) is 41.1 Å². The summed E-state index contributed by atoms with van der Waals surface area (Å²) in [6.07, 6.45) is 6.36. The third-order valence-corrected chi connectivity index (χ3v) is 4.18. The highest BCUT2D eigenvalue weighted by Crippen LogP contribution is 2.30. The van der Waals surface area contributed by atoms with Crippen LogP contribution in [0.5, 0.6) is 0 Å². The third kappa shape index (κ3) is 1.72. The number of pyridine rings is 1. The Bertz CT molecular complexity index is 599. The molecule has 18 heavy (non-hydrogen) atoms. The molecule has 1 fully saturated rings. The van der Waals surface area contributed by atoms with E-state index in [1.807, 2.05) is 0 Å². The normalized spacial score (nSPS) is 18.2. The van der Waals surface area contributed by atoms with Crippen molar-refractivity contribution in [2.45, 2.75) is 44.7 Å². The second kappa shape index (κ2) is 4.06. The summed E-state index contributed by atoms with van der Waals surface area (Å²) < 4.78 is 0. The molecule has 0 saturated heterocycles. The number of para-hydroxylation sites is 1. The molecule has 1 aromatic carbocycles. The first-order valence-corrected chi connectivity index (χ1v) is 7.04. The molecule has 1 saturated carbocycles. The maximum Gasteiger partial charge on any atom is 0.0708 e. The van der Waals surface area contributed by atoms with Gasteiger partial charge in [-0.1, -0.05) is 18.2 Å². The number of hydrogen-bond donors (Lipinski definition) is 1. The zero-order valence-corrected chi connectivity index (χ0v) is 10.6. The van der Waals surface area contributed by atoms with E-state index in [-0.39, 0.29) is 0 Å². The van der Waals surface area contributed by atoms with Gasteiger partial charge in [-0.05, 0) is 49.3 Å². The largest absolute Gasteiger partial charge is 0.310 e. The predicted octanol–water partition coefficient (Wildman–Crippen LogP) is 2.98. The van der Waals surface area contributed by atoms with E-state index in [4.69, 9.17) is 4.98 Å². The zero-order valence-electron chi connectivity index (χ0n) is 10.6. The standard InChI is InChI=1S/C16H18N2/c1-2-6-15-12(4-1)14(10-17-11-8-9-11)13-5-3-7-16(13)18-15/h1-2,4,6,11,17H,3,5,7-10H2. The maximum absolute atomic E-state index is 4.83. The monoisotopic (exact) mass is 238 g/mol. The minimum atomic E-state index is 0.772. The Kier molecular flexibility index (Phi) is 2.37. The smallest absolute Gasteiger partial charge is 0.0708 e. The number of nitrogens with one attached hydrogen (secondary N) is 1. The molecule has 92 valence electrons. The maximum atomic E-state index is 4.83. The van der Waals surface area contributed by atoms with Gasteiger partial charge >= 0.3 is 0 Å². The molecule has 2 aliphatic rings. The van der Waals surface area contributed by atoms with Gasteiger partial charge in [-0.15, -0.1) is 0 Å². The van der Waals surface area contributed by atoms with E-state index in [0.717, 1.165) is 19.0 Å². The highest BCUT2D eigenvalue weighted by Gasteiger charge is 2.23. The molecule has 0 aliphatic heterocycles. The van der Waals surface area contributed by atoms with Crippen LogP contribution in [0.2, 0.25) is 0 Å². The Morgan fingerprint density at radius 2 is 2.06 bits per heavy atom. The molecule has 0 bridgehead atoms. The van der Waals surface area contributed by atoms with Crippen LogP contribution in [0.4, 0.5) is 0 Å². The summed E-state index contributed by atoms with van der Waals surface area (Å²) in [7, 11) is 0. The van der Waals surface area contributed by atoms with Crippen molar-refractivity contribution < 1.29 is 0 Å². The average molecular weight is 238 g/mol. The van der Waals surface area contributed by atoms with Gasteiger partial charge in [-0.3, -0.25) is 4.98 Å². The van der Waals surface area contributed by atoms with E-state index in [9.17, 15) is 0 Å². The van der Waals surface area contributed by atoms with Gasteiger partial charge in [0.2, 0.25) is 0 Å². The molecule has 0 atom stereocenters. The second-order valence-corrected chi connectivity index (χ2v) is 5.54. The van der Waals surface area contributed by atoms with Crippen LogP contribution in [-0.2, 0) is 19.4 Å². The van der Waals surface area contributed by atoms with Crippen molar-refractivity contribution in [3.63, 3.8) is 0 Å². The summed E-state index contributed by atoms with van der Waals surface area (Å²) in [6, 6.07) is 9.37. The molecule has 0 spiro atoms. The highest BCUT2D eigenvalue weighted by molar-refractivity contribution is 5.84. The first-order valence-electron chi connectivity index (χ1n) is 7.04. The molecule has 1 N–H and O–H groups in total. The Hall–Kier alpha value is -1.41. The molecule has 2 aromatic rings. The molecular formula is C16H18N2. The lowest BCUT2D eigenvalue weighted by Crippen LogP contribution is -2.17. The molecule has 0 radical (unpaired) electrons. The summed E-state index contributed by atoms with van der Waals surface area (Å²) in [5.74, 6) is 0. The first kappa shape index (κ1) is 10.5. The molecule has 1 aromatic heterocycles. The Labute approximate surface area is 107 Å². The number of aryl methyl sites for hydroxylation is 1. The SMILES string of the molecule is c1ccc2c(CNC3CC3)c3c(nc2c1)CCC3. The van der Waals surface area contributed by atoms with Crippen LogP contribution in [0.3, 0.4) is 0 Å². The number of benzene rings is 1. The Morgan fingerprint density at radius 1 is 1.17 bits per heavy atom. The van der Waals surface area contributed by atoms with Crippen LogP contribution >= 0.6 is 0 Å².